The zero-order chi connectivity index (χ0) is 18.9. The predicted molar refractivity (Wildman–Crippen MR) is 121 cm³/mol. The number of rotatable bonds is 1. The van der Waals surface area contributed by atoms with E-state index in [1.807, 2.05) is 12.4 Å². The van der Waals surface area contributed by atoms with Gasteiger partial charge in [-0.25, -0.2) is 11.3 Å². The molecule has 0 amide bonds. The van der Waals surface area contributed by atoms with Crippen molar-refractivity contribution in [3.05, 3.63) is 90.6 Å². The van der Waals surface area contributed by atoms with Crippen LogP contribution in [-0.4, -0.2) is 14.0 Å². The van der Waals surface area contributed by atoms with E-state index in [4.69, 9.17) is 0 Å². The Hall–Kier alpha value is -2.98. The maximum absolute atomic E-state index is 4.65. The third kappa shape index (κ3) is 2.20. The smallest absolute Gasteiger partial charge is 0.0610 e. The van der Waals surface area contributed by atoms with Gasteiger partial charge in [-0.1, -0.05) is 70.7 Å². The summed E-state index contributed by atoms with van der Waals surface area (Å²) in [7, 11) is 0. The van der Waals surface area contributed by atoms with Crippen LogP contribution in [0.1, 0.15) is 0 Å². The third-order valence-electron chi connectivity index (χ3n) is 5.79. The zero-order valence-corrected chi connectivity index (χ0v) is 18.9. The van der Waals surface area contributed by atoms with Gasteiger partial charge in [-0.05, 0) is 28.6 Å². The number of aromatic nitrogens is 3. The first-order valence-electron chi connectivity index (χ1n) is 9.58. The number of imidazole rings is 1. The molecular formula is C25H14IrN3S-. The van der Waals surface area contributed by atoms with E-state index in [0.29, 0.717) is 0 Å². The Kier molecular flexibility index (Phi) is 3.87. The predicted octanol–water partition coefficient (Wildman–Crippen LogP) is 6.60. The molecule has 0 saturated heterocycles. The fraction of sp³-hybridized carbons (Fsp3) is 0. The number of hydrogen-bond acceptors (Lipinski definition) is 2. The van der Waals surface area contributed by atoms with Gasteiger partial charge in [0.2, 0.25) is 0 Å². The summed E-state index contributed by atoms with van der Waals surface area (Å²) in [5, 5.41) is 10.8. The van der Waals surface area contributed by atoms with Crippen molar-refractivity contribution in [2.45, 2.75) is 0 Å². The Balaban J connectivity index is 0.00000175. The molecule has 0 unspecified atom stereocenters. The molecule has 0 bridgehead atoms. The van der Waals surface area contributed by atoms with Gasteiger partial charge in [0, 0.05) is 59.8 Å². The maximum Gasteiger partial charge on any atom is 0.0610 e. The molecule has 0 aliphatic heterocycles. The van der Waals surface area contributed by atoms with Crippen LogP contribution in [-0.2, 0) is 20.1 Å². The maximum atomic E-state index is 4.65. The first-order chi connectivity index (χ1) is 14.4. The summed E-state index contributed by atoms with van der Waals surface area (Å²) in [6.07, 6.45) is 3.90. The number of thiophene rings is 1. The van der Waals surface area contributed by atoms with E-state index in [9.17, 15) is 0 Å². The molecule has 0 aliphatic rings. The van der Waals surface area contributed by atoms with E-state index in [2.05, 4.69) is 92.1 Å². The van der Waals surface area contributed by atoms with Crippen molar-refractivity contribution >= 4 is 60.5 Å². The van der Waals surface area contributed by atoms with E-state index >= 15 is 0 Å². The van der Waals surface area contributed by atoms with E-state index < -0.39 is 0 Å². The van der Waals surface area contributed by atoms with Gasteiger partial charge in [-0.15, -0.1) is 0 Å². The number of nitrogens with zero attached hydrogens (tertiary/aromatic N) is 3. The summed E-state index contributed by atoms with van der Waals surface area (Å²) in [4.78, 5) is 4.65. The van der Waals surface area contributed by atoms with Crippen LogP contribution in [0, 0.1) is 5.38 Å². The van der Waals surface area contributed by atoms with Gasteiger partial charge < -0.3 is 8.97 Å². The van der Waals surface area contributed by atoms with Crippen molar-refractivity contribution in [1.29, 1.82) is 0 Å². The molecule has 3 nitrogen and oxygen atoms in total. The minimum atomic E-state index is 0. The summed E-state index contributed by atoms with van der Waals surface area (Å²) >= 11 is 1.67. The standard InChI is InChI=1S/C25H14N3S.Ir/c1-5-11-21-16(7-1)17-8-2-6-12-22(17)28(21)25-23-18-9-3-4-10-20(18)27-14-13-26-24(27)19(23)15-29-25;/h1-14H;/q-1;. The molecule has 1 radical (unpaired) electrons. The Labute approximate surface area is 189 Å². The van der Waals surface area contributed by atoms with Gasteiger partial charge in [-0.2, -0.15) is 0 Å². The largest absolute Gasteiger partial charge is 0.349 e. The molecule has 4 aromatic heterocycles. The summed E-state index contributed by atoms with van der Waals surface area (Å²) in [6, 6.07) is 25.8. The van der Waals surface area contributed by atoms with Gasteiger partial charge in [0.05, 0.1) is 5.65 Å². The molecular weight excluding hydrogens is 567 g/mol. The fourth-order valence-corrected chi connectivity index (χ4v) is 5.59. The molecule has 7 rings (SSSR count). The molecule has 5 heteroatoms. The van der Waals surface area contributed by atoms with Gasteiger partial charge in [0.15, 0.2) is 0 Å². The number of fused-ring (bicyclic) bond motifs is 9. The zero-order valence-electron chi connectivity index (χ0n) is 15.7. The van der Waals surface area contributed by atoms with Gasteiger partial charge in [0.25, 0.3) is 0 Å². The number of pyridine rings is 1. The summed E-state index contributed by atoms with van der Waals surface area (Å²) in [5.74, 6) is 0. The molecule has 30 heavy (non-hydrogen) atoms. The average Bonchev–Trinajstić information content (AvgIpc) is 3.49. The van der Waals surface area contributed by atoms with E-state index in [0.717, 1.165) is 11.0 Å². The Bertz CT molecular complexity index is 1670. The molecule has 0 saturated carbocycles. The second kappa shape index (κ2) is 6.51. The van der Waals surface area contributed by atoms with Crippen LogP contribution < -0.4 is 0 Å². The normalized spacial score (nSPS) is 11.7. The number of hydrogen-bond donors (Lipinski definition) is 0. The molecule has 7 aromatic rings. The quantitative estimate of drug-likeness (QED) is 0.201. The van der Waals surface area contributed by atoms with Crippen LogP contribution in [0.4, 0.5) is 0 Å². The van der Waals surface area contributed by atoms with Crippen LogP contribution in [0.2, 0.25) is 0 Å². The fourth-order valence-electron chi connectivity index (χ4n) is 4.59. The third-order valence-corrected chi connectivity index (χ3v) is 6.68. The molecule has 0 atom stereocenters. The summed E-state index contributed by atoms with van der Waals surface area (Å²) < 4.78 is 4.55. The van der Waals surface area contributed by atoms with Crippen molar-refractivity contribution in [2.24, 2.45) is 0 Å². The second-order valence-electron chi connectivity index (χ2n) is 7.27. The van der Waals surface area contributed by atoms with Crippen LogP contribution in [0.3, 0.4) is 0 Å². The summed E-state index contributed by atoms with van der Waals surface area (Å²) in [5.41, 5.74) is 4.57. The minimum absolute atomic E-state index is 0. The monoisotopic (exact) mass is 581 g/mol. The summed E-state index contributed by atoms with van der Waals surface area (Å²) in [6.45, 7) is 0. The van der Waals surface area contributed by atoms with E-state index in [-0.39, 0.29) is 20.1 Å². The van der Waals surface area contributed by atoms with Crippen LogP contribution in [0.15, 0.2) is 85.2 Å². The topological polar surface area (TPSA) is 22.2 Å². The van der Waals surface area contributed by atoms with E-state index in [1.54, 1.807) is 11.3 Å². The van der Waals surface area contributed by atoms with Crippen LogP contribution >= 0.6 is 11.3 Å². The first-order valence-corrected chi connectivity index (χ1v) is 10.4. The Morgan fingerprint density at radius 1 is 0.733 bits per heavy atom. The van der Waals surface area contributed by atoms with Crippen molar-refractivity contribution in [2.75, 3.05) is 0 Å². The molecule has 0 aliphatic carbocycles. The van der Waals surface area contributed by atoms with Crippen LogP contribution in [0.5, 0.6) is 0 Å². The number of benzene rings is 3. The first kappa shape index (κ1) is 17.8. The molecule has 4 heterocycles. The average molecular weight is 581 g/mol. The van der Waals surface area contributed by atoms with E-state index in [1.165, 1.54) is 43.1 Å². The SMILES string of the molecule is [Ir].[c-]1sc(-n2c3ccccc3c3ccccc32)c2c1c1nccn1c1ccccc21. The second-order valence-corrected chi connectivity index (χ2v) is 8.06. The Morgan fingerprint density at radius 3 is 2.03 bits per heavy atom. The molecule has 0 N–H and O–H groups in total. The van der Waals surface area contributed by atoms with Gasteiger partial charge >= 0.3 is 0 Å². The molecule has 0 fully saturated rings. The molecule has 0 spiro atoms. The van der Waals surface area contributed by atoms with Crippen molar-refractivity contribution in [1.82, 2.24) is 14.0 Å². The minimum Gasteiger partial charge on any atom is -0.349 e. The van der Waals surface area contributed by atoms with Gasteiger partial charge in [-0.3, -0.25) is 4.98 Å². The number of para-hydroxylation sites is 3. The van der Waals surface area contributed by atoms with Crippen LogP contribution in [0.25, 0.3) is 54.1 Å². The molecule has 3 aromatic carbocycles. The van der Waals surface area contributed by atoms with Crippen molar-refractivity contribution in [3.63, 3.8) is 0 Å². The van der Waals surface area contributed by atoms with Crippen molar-refractivity contribution in [3.8, 4) is 5.00 Å². The van der Waals surface area contributed by atoms with Crippen molar-refractivity contribution < 1.29 is 20.1 Å². The molecule has 145 valence electrons. The Morgan fingerprint density at radius 2 is 1.33 bits per heavy atom. The van der Waals surface area contributed by atoms with Gasteiger partial charge in [0.1, 0.15) is 0 Å².